The van der Waals surface area contributed by atoms with Crippen LogP contribution < -0.4 is 10.1 Å². The summed E-state index contributed by atoms with van der Waals surface area (Å²) >= 11 is 0. The number of benzene rings is 1. The lowest BCUT2D eigenvalue weighted by Crippen LogP contribution is -2.19. The van der Waals surface area contributed by atoms with Crippen LogP contribution in [-0.2, 0) is 0 Å². The van der Waals surface area contributed by atoms with E-state index in [1.54, 1.807) is 6.33 Å². The molecule has 78 valence electrons. The highest BCUT2D eigenvalue weighted by Gasteiger charge is 2.15. The van der Waals surface area contributed by atoms with Crippen LogP contribution in [0.4, 0.5) is 0 Å². The highest BCUT2D eigenvalue weighted by molar-refractivity contribution is 5.75. The van der Waals surface area contributed by atoms with Gasteiger partial charge in [-0.25, -0.2) is 4.98 Å². The molecule has 2 heterocycles. The van der Waals surface area contributed by atoms with Crippen molar-refractivity contribution >= 4 is 11.0 Å². The van der Waals surface area contributed by atoms with Gasteiger partial charge in [-0.05, 0) is 25.1 Å². The number of aromatic amines is 1. The van der Waals surface area contributed by atoms with Gasteiger partial charge < -0.3 is 15.0 Å². The second kappa shape index (κ2) is 3.55. The molecule has 0 radical (unpaired) electrons. The van der Waals surface area contributed by atoms with Gasteiger partial charge in [0.1, 0.15) is 11.9 Å². The van der Waals surface area contributed by atoms with E-state index in [0.29, 0.717) is 6.10 Å². The molecule has 1 aromatic carbocycles. The number of hydrogen-bond donors (Lipinski definition) is 2. The first-order chi connectivity index (χ1) is 7.42. The molecule has 0 unspecified atom stereocenters. The highest BCUT2D eigenvalue weighted by atomic mass is 16.5. The zero-order valence-corrected chi connectivity index (χ0v) is 8.36. The number of nitrogens with one attached hydrogen (secondary N) is 2. The van der Waals surface area contributed by atoms with E-state index in [-0.39, 0.29) is 0 Å². The van der Waals surface area contributed by atoms with Gasteiger partial charge in [0.05, 0.1) is 17.4 Å². The Kier molecular flexibility index (Phi) is 2.07. The fourth-order valence-electron chi connectivity index (χ4n) is 1.91. The van der Waals surface area contributed by atoms with E-state index in [0.717, 1.165) is 36.3 Å². The summed E-state index contributed by atoms with van der Waals surface area (Å²) in [6, 6.07) is 5.95. The molecule has 0 spiro atoms. The molecule has 0 aliphatic carbocycles. The molecule has 1 fully saturated rings. The minimum absolute atomic E-state index is 0.311. The number of aromatic nitrogens is 2. The average Bonchev–Trinajstić information content (AvgIpc) is 2.87. The fraction of sp³-hybridized carbons (Fsp3) is 0.364. The number of H-pyrrole nitrogens is 1. The topological polar surface area (TPSA) is 49.9 Å². The Bertz CT molecular complexity index is 460. The van der Waals surface area contributed by atoms with E-state index < -0.39 is 0 Å². The maximum Gasteiger partial charge on any atom is 0.122 e. The van der Waals surface area contributed by atoms with Crippen molar-refractivity contribution in [3.05, 3.63) is 24.5 Å². The second-order valence-corrected chi connectivity index (χ2v) is 3.81. The van der Waals surface area contributed by atoms with Crippen molar-refractivity contribution in [1.29, 1.82) is 0 Å². The molecule has 1 aliphatic rings. The van der Waals surface area contributed by atoms with E-state index in [1.807, 2.05) is 18.2 Å². The average molecular weight is 203 g/mol. The lowest BCUT2D eigenvalue weighted by Gasteiger charge is -2.11. The van der Waals surface area contributed by atoms with Crippen molar-refractivity contribution in [3.8, 4) is 5.75 Å². The number of ether oxygens (including phenoxy) is 1. The predicted molar refractivity (Wildman–Crippen MR) is 58.0 cm³/mol. The molecule has 0 amide bonds. The van der Waals surface area contributed by atoms with Gasteiger partial charge in [0.2, 0.25) is 0 Å². The zero-order chi connectivity index (χ0) is 10.1. The number of fused-ring (bicyclic) bond motifs is 1. The first-order valence-electron chi connectivity index (χ1n) is 5.22. The third-order valence-electron chi connectivity index (χ3n) is 2.71. The van der Waals surface area contributed by atoms with Crippen LogP contribution in [0.5, 0.6) is 5.75 Å². The smallest absolute Gasteiger partial charge is 0.122 e. The third-order valence-corrected chi connectivity index (χ3v) is 2.71. The second-order valence-electron chi connectivity index (χ2n) is 3.81. The van der Waals surface area contributed by atoms with Crippen LogP contribution in [0.25, 0.3) is 11.0 Å². The number of nitrogens with zero attached hydrogens (tertiary/aromatic N) is 1. The first-order valence-corrected chi connectivity index (χ1v) is 5.22. The zero-order valence-electron chi connectivity index (χ0n) is 8.36. The fourth-order valence-corrected chi connectivity index (χ4v) is 1.91. The maximum absolute atomic E-state index is 5.84. The predicted octanol–water partition coefficient (Wildman–Crippen LogP) is 1.30. The van der Waals surface area contributed by atoms with E-state index in [4.69, 9.17) is 4.74 Å². The van der Waals surface area contributed by atoms with Crippen LogP contribution in [0.3, 0.4) is 0 Å². The summed E-state index contributed by atoms with van der Waals surface area (Å²) in [7, 11) is 0. The van der Waals surface area contributed by atoms with Crippen LogP contribution >= 0.6 is 0 Å². The quantitative estimate of drug-likeness (QED) is 0.773. The largest absolute Gasteiger partial charge is 0.489 e. The Morgan fingerprint density at radius 1 is 1.40 bits per heavy atom. The molecule has 3 rings (SSSR count). The summed E-state index contributed by atoms with van der Waals surface area (Å²) in [6.07, 6.45) is 3.09. The minimum atomic E-state index is 0.311. The summed E-state index contributed by atoms with van der Waals surface area (Å²) in [6.45, 7) is 2.00. The molecular weight excluding hydrogens is 190 g/mol. The summed E-state index contributed by atoms with van der Waals surface area (Å²) in [4.78, 5) is 7.25. The molecule has 0 bridgehead atoms. The molecule has 2 aromatic rings. The van der Waals surface area contributed by atoms with Gasteiger partial charge >= 0.3 is 0 Å². The summed E-state index contributed by atoms with van der Waals surface area (Å²) in [5.41, 5.74) is 2.00. The maximum atomic E-state index is 5.84. The molecule has 1 aromatic heterocycles. The molecule has 2 N–H and O–H groups in total. The van der Waals surface area contributed by atoms with Gasteiger partial charge in [0.15, 0.2) is 0 Å². The molecule has 1 saturated heterocycles. The molecule has 1 atom stereocenters. The van der Waals surface area contributed by atoms with E-state index in [1.165, 1.54) is 0 Å². The Balaban J connectivity index is 1.84. The molecule has 4 heteroatoms. The first kappa shape index (κ1) is 8.73. The van der Waals surface area contributed by atoms with Gasteiger partial charge in [-0.3, -0.25) is 0 Å². The Hall–Kier alpha value is -1.55. The molecule has 0 saturated carbocycles. The van der Waals surface area contributed by atoms with Gasteiger partial charge in [-0.15, -0.1) is 0 Å². The van der Waals surface area contributed by atoms with Crippen LogP contribution in [0.2, 0.25) is 0 Å². The van der Waals surface area contributed by atoms with Crippen LogP contribution in [0.15, 0.2) is 24.5 Å². The van der Waals surface area contributed by atoms with Gasteiger partial charge in [-0.1, -0.05) is 0 Å². The van der Waals surface area contributed by atoms with Crippen LogP contribution in [0, 0.1) is 0 Å². The van der Waals surface area contributed by atoms with Crippen LogP contribution in [-0.4, -0.2) is 29.2 Å². The summed E-state index contributed by atoms with van der Waals surface area (Å²) < 4.78 is 5.84. The lowest BCUT2D eigenvalue weighted by atomic mass is 10.3. The van der Waals surface area contributed by atoms with Gasteiger partial charge in [0, 0.05) is 12.6 Å². The number of hydrogen-bond acceptors (Lipinski definition) is 3. The normalized spacial score (nSPS) is 20.9. The number of rotatable bonds is 2. The number of imidazole rings is 1. The Morgan fingerprint density at radius 2 is 2.40 bits per heavy atom. The van der Waals surface area contributed by atoms with E-state index in [2.05, 4.69) is 15.3 Å². The summed E-state index contributed by atoms with van der Waals surface area (Å²) in [5.74, 6) is 0.917. The molecular formula is C11H13N3O. The monoisotopic (exact) mass is 203 g/mol. The molecule has 4 nitrogen and oxygen atoms in total. The SMILES string of the molecule is c1nc2ccc(O[C@@H]3CCNC3)cc2[nH]1. The van der Waals surface area contributed by atoms with Crippen molar-refractivity contribution in [2.75, 3.05) is 13.1 Å². The molecule has 1 aliphatic heterocycles. The minimum Gasteiger partial charge on any atom is -0.489 e. The Morgan fingerprint density at radius 3 is 3.27 bits per heavy atom. The van der Waals surface area contributed by atoms with Crippen LogP contribution in [0.1, 0.15) is 6.42 Å². The van der Waals surface area contributed by atoms with Crippen molar-refractivity contribution in [3.63, 3.8) is 0 Å². The van der Waals surface area contributed by atoms with Gasteiger partial charge in [0.25, 0.3) is 0 Å². The Labute approximate surface area is 87.7 Å². The lowest BCUT2D eigenvalue weighted by molar-refractivity contribution is 0.223. The molecule has 15 heavy (non-hydrogen) atoms. The van der Waals surface area contributed by atoms with Crippen molar-refractivity contribution < 1.29 is 4.74 Å². The van der Waals surface area contributed by atoms with Gasteiger partial charge in [-0.2, -0.15) is 0 Å². The van der Waals surface area contributed by atoms with E-state index >= 15 is 0 Å². The highest BCUT2D eigenvalue weighted by Crippen LogP contribution is 2.20. The summed E-state index contributed by atoms with van der Waals surface area (Å²) in [5, 5.41) is 3.28. The van der Waals surface area contributed by atoms with Crippen molar-refractivity contribution in [2.24, 2.45) is 0 Å². The van der Waals surface area contributed by atoms with Crippen molar-refractivity contribution in [2.45, 2.75) is 12.5 Å². The van der Waals surface area contributed by atoms with E-state index in [9.17, 15) is 0 Å². The van der Waals surface area contributed by atoms with Crippen molar-refractivity contribution in [1.82, 2.24) is 15.3 Å². The standard InChI is InChI=1S/C11H13N3O/c1-2-10-11(14-7-13-10)5-8(1)15-9-3-4-12-6-9/h1-2,5,7,9,12H,3-4,6H2,(H,13,14)/t9-/m1/s1. The third kappa shape index (κ3) is 1.68.